The predicted molar refractivity (Wildman–Crippen MR) is 133 cm³/mol. The van der Waals surface area contributed by atoms with E-state index in [0.29, 0.717) is 30.0 Å². The number of anilines is 5. The highest BCUT2D eigenvalue weighted by Gasteiger charge is 2.19. The molecule has 9 heteroatoms. The number of pyridine rings is 2. The van der Waals surface area contributed by atoms with E-state index in [-0.39, 0.29) is 0 Å². The van der Waals surface area contributed by atoms with Crippen molar-refractivity contribution < 1.29 is 0 Å². The lowest BCUT2D eigenvalue weighted by Crippen LogP contribution is -2.23. The van der Waals surface area contributed by atoms with E-state index in [1.54, 1.807) is 18.6 Å². The van der Waals surface area contributed by atoms with Gasteiger partial charge in [-0.15, -0.1) is 0 Å². The van der Waals surface area contributed by atoms with Crippen LogP contribution >= 0.6 is 0 Å². The summed E-state index contributed by atoms with van der Waals surface area (Å²) < 4.78 is 0. The molecule has 5 N–H and O–H groups in total. The minimum atomic E-state index is 0.352. The second-order valence-electron chi connectivity index (χ2n) is 8.32. The fraction of sp³-hybridized carbons (Fsp3) is 0.250. The number of fused-ring (bicyclic) bond motifs is 1. The lowest BCUT2D eigenvalue weighted by Gasteiger charge is -2.15. The van der Waals surface area contributed by atoms with Crippen LogP contribution in [0.25, 0.3) is 10.9 Å². The Balaban J connectivity index is 1.26. The van der Waals surface area contributed by atoms with Crippen molar-refractivity contribution in [1.29, 1.82) is 0 Å². The summed E-state index contributed by atoms with van der Waals surface area (Å²) in [5.74, 6) is 2.33. The third-order valence-electron chi connectivity index (χ3n) is 5.70. The first kappa shape index (κ1) is 20.9. The number of rotatable bonds is 7. The molecule has 0 amide bonds. The van der Waals surface area contributed by atoms with Crippen molar-refractivity contribution in [2.45, 2.75) is 19.0 Å². The minimum Gasteiger partial charge on any atom is -0.381 e. The Kier molecular flexibility index (Phi) is 5.86. The molecule has 1 atom stereocenters. The van der Waals surface area contributed by atoms with Gasteiger partial charge in [0.15, 0.2) is 17.5 Å². The zero-order valence-electron chi connectivity index (χ0n) is 18.5. The van der Waals surface area contributed by atoms with Gasteiger partial charge in [0.2, 0.25) is 0 Å². The van der Waals surface area contributed by atoms with Crippen LogP contribution in [0.2, 0.25) is 0 Å². The van der Waals surface area contributed by atoms with Gasteiger partial charge in [0.25, 0.3) is 0 Å². The molecule has 1 fully saturated rings. The van der Waals surface area contributed by atoms with Gasteiger partial charge in [0.1, 0.15) is 5.82 Å². The molecule has 168 valence electrons. The first-order chi connectivity index (χ1) is 16.1. The van der Waals surface area contributed by atoms with Gasteiger partial charge in [0, 0.05) is 48.7 Å². The molecule has 3 aromatic heterocycles. The first-order valence-corrected chi connectivity index (χ1v) is 11.0. The second-order valence-corrected chi connectivity index (χ2v) is 8.32. The van der Waals surface area contributed by atoms with Gasteiger partial charge in [-0.25, -0.2) is 15.0 Å². The quantitative estimate of drug-likeness (QED) is 0.342. The van der Waals surface area contributed by atoms with Crippen molar-refractivity contribution in [3.63, 3.8) is 0 Å². The number of nitrogens with zero attached hydrogens (tertiary/aromatic N) is 5. The number of aromatic nitrogens is 4. The van der Waals surface area contributed by atoms with Crippen molar-refractivity contribution in [1.82, 2.24) is 24.8 Å². The molecule has 0 radical (unpaired) electrons. The van der Waals surface area contributed by atoms with Crippen LogP contribution in [0.15, 0.2) is 61.1 Å². The molecule has 1 aromatic carbocycles. The van der Waals surface area contributed by atoms with Gasteiger partial charge >= 0.3 is 0 Å². The number of nitrogen functional groups attached to an aromatic ring is 1. The number of hydrogen-bond acceptors (Lipinski definition) is 9. The monoisotopic (exact) mass is 441 g/mol. The molecule has 0 bridgehead atoms. The highest BCUT2D eigenvalue weighted by atomic mass is 15.2. The maximum atomic E-state index is 6.07. The van der Waals surface area contributed by atoms with Crippen molar-refractivity contribution in [3.8, 4) is 0 Å². The summed E-state index contributed by atoms with van der Waals surface area (Å²) >= 11 is 0. The Bertz CT molecular complexity index is 1260. The van der Waals surface area contributed by atoms with E-state index < -0.39 is 0 Å². The molecule has 0 spiro atoms. The van der Waals surface area contributed by atoms with Crippen molar-refractivity contribution in [3.05, 3.63) is 66.6 Å². The average Bonchev–Trinajstić information content (AvgIpc) is 3.24. The average molecular weight is 442 g/mol. The maximum absolute atomic E-state index is 6.07. The van der Waals surface area contributed by atoms with E-state index in [0.717, 1.165) is 47.5 Å². The van der Waals surface area contributed by atoms with Gasteiger partial charge < -0.3 is 26.6 Å². The number of likely N-dealkylation sites (tertiary alicyclic amines) is 1. The molecule has 9 nitrogen and oxygen atoms in total. The largest absolute Gasteiger partial charge is 0.381 e. The van der Waals surface area contributed by atoms with Crippen LogP contribution in [0.3, 0.4) is 0 Å². The normalized spacial score (nSPS) is 16.1. The number of nitrogens with one attached hydrogen (secondary N) is 3. The molecule has 4 aromatic rings. The molecule has 1 saturated heterocycles. The minimum absolute atomic E-state index is 0.352. The smallest absolute Gasteiger partial charge is 0.171 e. The highest BCUT2D eigenvalue weighted by molar-refractivity contribution is 5.79. The summed E-state index contributed by atoms with van der Waals surface area (Å²) in [6, 6.07) is 14.4. The van der Waals surface area contributed by atoms with Gasteiger partial charge in [-0.05, 0) is 49.8 Å². The molecule has 4 heterocycles. The van der Waals surface area contributed by atoms with Gasteiger partial charge in [0.05, 0.1) is 11.7 Å². The number of hydrogen-bond donors (Lipinski definition) is 4. The van der Waals surface area contributed by atoms with Crippen LogP contribution in [0, 0.1) is 0 Å². The number of nitrogens with two attached hydrogens (primary N) is 1. The molecular weight excluding hydrogens is 414 g/mol. The fourth-order valence-corrected chi connectivity index (χ4v) is 4.01. The third kappa shape index (κ3) is 5.09. The Labute approximate surface area is 192 Å². The van der Waals surface area contributed by atoms with E-state index in [1.165, 1.54) is 0 Å². The molecule has 1 aliphatic heterocycles. The van der Waals surface area contributed by atoms with Gasteiger partial charge in [-0.2, -0.15) is 0 Å². The molecule has 1 unspecified atom stereocenters. The predicted octanol–water partition coefficient (Wildman–Crippen LogP) is 3.47. The molecule has 0 saturated carbocycles. The topological polar surface area (TPSA) is 117 Å². The molecule has 0 aliphatic carbocycles. The number of benzene rings is 1. The highest BCUT2D eigenvalue weighted by Crippen LogP contribution is 2.22. The third-order valence-corrected chi connectivity index (χ3v) is 5.70. The Morgan fingerprint density at radius 2 is 2.00 bits per heavy atom. The lowest BCUT2D eigenvalue weighted by molar-refractivity contribution is 0.414. The van der Waals surface area contributed by atoms with Crippen LogP contribution in [0.4, 0.5) is 29.0 Å². The lowest BCUT2D eigenvalue weighted by atomic mass is 10.1. The molecule has 5 rings (SSSR count). The fourth-order valence-electron chi connectivity index (χ4n) is 4.01. The zero-order valence-corrected chi connectivity index (χ0v) is 18.5. The summed E-state index contributed by atoms with van der Waals surface area (Å²) in [5.41, 5.74) is 9.03. The molecule has 33 heavy (non-hydrogen) atoms. The summed E-state index contributed by atoms with van der Waals surface area (Å²) in [6.07, 6.45) is 6.32. The maximum Gasteiger partial charge on any atom is 0.171 e. The number of likely N-dealkylation sites (N-methyl/N-ethyl adjacent to an activating group) is 1. The van der Waals surface area contributed by atoms with Crippen LogP contribution in [-0.2, 0) is 6.54 Å². The van der Waals surface area contributed by atoms with E-state index in [9.17, 15) is 0 Å². The SMILES string of the molecule is CN1CCC(Nc2cc(Nc3cnc(N)c(NCc4ccc5ncccc5c4)n3)ccn2)C1. The van der Waals surface area contributed by atoms with Crippen molar-refractivity contribution in [2.24, 2.45) is 0 Å². The first-order valence-electron chi connectivity index (χ1n) is 11.0. The molecular formula is C24H27N9. The Hall–Kier alpha value is -3.98. The van der Waals surface area contributed by atoms with Crippen LogP contribution < -0.4 is 21.7 Å². The Morgan fingerprint density at radius 1 is 1.06 bits per heavy atom. The van der Waals surface area contributed by atoms with Crippen molar-refractivity contribution >= 4 is 39.9 Å². The Morgan fingerprint density at radius 3 is 2.88 bits per heavy atom. The van der Waals surface area contributed by atoms with Gasteiger partial charge in [-0.1, -0.05) is 12.1 Å². The summed E-state index contributed by atoms with van der Waals surface area (Å²) in [7, 11) is 2.13. The summed E-state index contributed by atoms with van der Waals surface area (Å²) in [4.78, 5) is 20.0. The van der Waals surface area contributed by atoms with E-state index in [2.05, 4.69) is 53.9 Å². The van der Waals surface area contributed by atoms with Crippen LogP contribution in [0.1, 0.15) is 12.0 Å². The zero-order chi connectivity index (χ0) is 22.6. The summed E-state index contributed by atoms with van der Waals surface area (Å²) in [6.45, 7) is 2.69. The standard InChI is InChI=1S/C24H27N9/c1-33-10-7-19(15-33)31-21-12-18(6-9-27-21)30-22-14-28-23(25)24(32-22)29-13-16-4-5-20-17(11-16)3-2-8-26-20/h2-6,8-9,11-12,14,19H,7,10,13,15H2,1H3,(H2,25,28)(H3,27,29,30,31,32). The molecule has 1 aliphatic rings. The van der Waals surface area contributed by atoms with E-state index in [4.69, 9.17) is 5.73 Å². The van der Waals surface area contributed by atoms with Crippen LogP contribution in [-0.4, -0.2) is 51.0 Å². The van der Waals surface area contributed by atoms with E-state index >= 15 is 0 Å². The van der Waals surface area contributed by atoms with Gasteiger partial charge in [-0.3, -0.25) is 4.98 Å². The second kappa shape index (κ2) is 9.25. The summed E-state index contributed by atoms with van der Waals surface area (Å²) in [5, 5.41) is 11.2. The van der Waals surface area contributed by atoms with Crippen LogP contribution in [0.5, 0.6) is 0 Å². The van der Waals surface area contributed by atoms with Crippen molar-refractivity contribution in [2.75, 3.05) is 41.8 Å². The van der Waals surface area contributed by atoms with E-state index in [1.807, 2.05) is 36.4 Å².